The van der Waals surface area contributed by atoms with E-state index < -0.39 is 0 Å². The van der Waals surface area contributed by atoms with Crippen LogP contribution in [0, 0.1) is 0 Å². The van der Waals surface area contributed by atoms with Crippen LogP contribution >= 0.6 is 11.6 Å². The molecule has 1 N–H and O–H groups in total. The summed E-state index contributed by atoms with van der Waals surface area (Å²) in [6.45, 7) is 0. The molecule has 0 radical (unpaired) electrons. The van der Waals surface area contributed by atoms with E-state index in [1.165, 1.54) is 6.07 Å². The number of halogens is 1. The Bertz CT molecular complexity index is 445. The van der Waals surface area contributed by atoms with E-state index in [1.807, 2.05) is 0 Å². The second kappa shape index (κ2) is 3.64. The van der Waals surface area contributed by atoms with Crippen LogP contribution in [0.1, 0.15) is 0 Å². The normalized spacial score (nSPS) is 10.1. The number of nitrogens with zero attached hydrogens (tertiary/aromatic N) is 2. The first kappa shape index (κ1) is 8.97. The standard InChI is InChI=1S/C10H7ClN2O/c11-9-2-1-7(14)5-8(9)10-6-12-3-4-13-10/h1-6,14H. The number of rotatable bonds is 1. The summed E-state index contributed by atoms with van der Waals surface area (Å²) in [6.07, 6.45) is 4.76. The number of benzene rings is 1. The summed E-state index contributed by atoms with van der Waals surface area (Å²) in [5, 5.41) is 9.84. The molecule has 0 bridgehead atoms. The lowest BCUT2D eigenvalue weighted by Crippen LogP contribution is -1.84. The molecule has 0 spiro atoms. The smallest absolute Gasteiger partial charge is 0.116 e. The number of aromatic nitrogens is 2. The highest BCUT2D eigenvalue weighted by Gasteiger charge is 2.05. The molecule has 0 saturated heterocycles. The third kappa shape index (κ3) is 1.67. The van der Waals surface area contributed by atoms with E-state index in [2.05, 4.69) is 9.97 Å². The van der Waals surface area contributed by atoms with Gasteiger partial charge in [-0.3, -0.25) is 9.97 Å². The molecule has 14 heavy (non-hydrogen) atoms. The van der Waals surface area contributed by atoms with Crippen LogP contribution in [0.2, 0.25) is 5.02 Å². The lowest BCUT2D eigenvalue weighted by atomic mass is 10.1. The molecule has 1 heterocycles. The highest BCUT2D eigenvalue weighted by Crippen LogP contribution is 2.28. The molecule has 2 rings (SSSR count). The van der Waals surface area contributed by atoms with Crippen molar-refractivity contribution in [3.63, 3.8) is 0 Å². The fourth-order valence-electron chi connectivity index (χ4n) is 1.15. The second-order valence-corrected chi connectivity index (χ2v) is 3.16. The van der Waals surface area contributed by atoms with Gasteiger partial charge in [-0.1, -0.05) is 11.6 Å². The largest absolute Gasteiger partial charge is 0.508 e. The molecular formula is C10H7ClN2O. The maximum absolute atomic E-state index is 9.29. The molecule has 1 aromatic heterocycles. The van der Waals surface area contributed by atoms with Crippen LogP contribution in [-0.4, -0.2) is 15.1 Å². The lowest BCUT2D eigenvalue weighted by molar-refractivity contribution is 0.475. The van der Waals surface area contributed by atoms with Crippen molar-refractivity contribution in [1.29, 1.82) is 0 Å². The Labute approximate surface area is 86.0 Å². The van der Waals surface area contributed by atoms with Gasteiger partial charge in [-0.25, -0.2) is 0 Å². The van der Waals surface area contributed by atoms with Gasteiger partial charge in [0, 0.05) is 18.0 Å². The van der Waals surface area contributed by atoms with Gasteiger partial charge in [-0.05, 0) is 18.2 Å². The summed E-state index contributed by atoms with van der Waals surface area (Å²) in [6, 6.07) is 4.72. The fraction of sp³-hybridized carbons (Fsp3) is 0. The van der Waals surface area contributed by atoms with Crippen molar-refractivity contribution in [2.45, 2.75) is 0 Å². The Morgan fingerprint density at radius 1 is 1.21 bits per heavy atom. The van der Waals surface area contributed by atoms with Gasteiger partial charge in [0.15, 0.2) is 0 Å². The Kier molecular flexibility index (Phi) is 2.33. The highest BCUT2D eigenvalue weighted by molar-refractivity contribution is 6.33. The van der Waals surface area contributed by atoms with Crippen LogP contribution in [0.5, 0.6) is 5.75 Å². The van der Waals surface area contributed by atoms with Crippen molar-refractivity contribution >= 4 is 11.6 Å². The van der Waals surface area contributed by atoms with Crippen molar-refractivity contribution in [3.8, 4) is 17.0 Å². The molecule has 0 atom stereocenters. The average Bonchev–Trinajstić information content (AvgIpc) is 2.23. The quantitative estimate of drug-likeness (QED) is 0.780. The molecule has 0 aliphatic rings. The molecule has 70 valence electrons. The molecule has 0 fully saturated rings. The minimum atomic E-state index is 0.162. The van der Waals surface area contributed by atoms with Crippen LogP contribution in [0.25, 0.3) is 11.3 Å². The van der Waals surface area contributed by atoms with Gasteiger partial charge in [-0.2, -0.15) is 0 Å². The Morgan fingerprint density at radius 2 is 2.07 bits per heavy atom. The highest BCUT2D eigenvalue weighted by atomic mass is 35.5. The average molecular weight is 207 g/mol. The molecule has 4 heteroatoms. The van der Waals surface area contributed by atoms with E-state index in [1.54, 1.807) is 30.7 Å². The van der Waals surface area contributed by atoms with Gasteiger partial charge in [0.2, 0.25) is 0 Å². The van der Waals surface area contributed by atoms with Crippen LogP contribution < -0.4 is 0 Å². The molecule has 3 nitrogen and oxygen atoms in total. The Balaban J connectivity index is 2.57. The molecule has 0 aliphatic heterocycles. The minimum absolute atomic E-state index is 0.162. The monoisotopic (exact) mass is 206 g/mol. The molecule has 2 aromatic rings. The first-order valence-corrected chi connectivity index (χ1v) is 4.40. The number of aromatic hydroxyl groups is 1. The lowest BCUT2D eigenvalue weighted by Gasteiger charge is -2.02. The third-order valence-electron chi connectivity index (χ3n) is 1.79. The maximum atomic E-state index is 9.29. The van der Waals surface area contributed by atoms with E-state index in [0.29, 0.717) is 16.3 Å². The van der Waals surface area contributed by atoms with E-state index in [0.717, 1.165) is 0 Å². The number of phenolic OH excluding ortho intramolecular Hbond substituents is 1. The summed E-state index contributed by atoms with van der Waals surface area (Å²) in [7, 11) is 0. The predicted octanol–water partition coefficient (Wildman–Crippen LogP) is 2.50. The third-order valence-corrected chi connectivity index (χ3v) is 2.12. The van der Waals surface area contributed by atoms with Crippen LogP contribution in [-0.2, 0) is 0 Å². The first-order chi connectivity index (χ1) is 6.77. The van der Waals surface area contributed by atoms with Gasteiger partial charge >= 0.3 is 0 Å². The number of hydrogen-bond donors (Lipinski definition) is 1. The summed E-state index contributed by atoms with van der Waals surface area (Å²) in [5.41, 5.74) is 1.33. The SMILES string of the molecule is Oc1ccc(Cl)c(-c2cnccn2)c1. The van der Waals surface area contributed by atoms with Crippen molar-refractivity contribution in [3.05, 3.63) is 41.8 Å². The van der Waals surface area contributed by atoms with Crippen molar-refractivity contribution in [2.75, 3.05) is 0 Å². The summed E-state index contributed by atoms with van der Waals surface area (Å²) < 4.78 is 0. The van der Waals surface area contributed by atoms with Gasteiger partial charge in [0.25, 0.3) is 0 Å². The summed E-state index contributed by atoms with van der Waals surface area (Å²) in [4.78, 5) is 8.02. The zero-order chi connectivity index (χ0) is 9.97. The van der Waals surface area contributed by atoms with Crippen molar-refractivity contribution in [1.82, 2.24) is 9.97 Å². The van der Waals surface area contributed by atoms with Gasteiger partial charge in [0.05, 0.1) is 16.9 Å². The molecule has 0 unspecified atom stereocenters. The fourth-order valence-corrected chi connectivity index (χ4v) is 1.36. The zero-order valence-electron chi connectivity index (χ0n) is 7.18. The number of hydrogen-bond acceptors (Lipinski definition) is 3. The van der Waals surface area contributed by atoms with Gasteiger partial charge in [0.1, 0.15) is 5.75 Å². The molecular weight excluding hydrogens is 200 g/mol. The zero-order valence-corrected chi connectivity index (χ0v) is 7.94. The van der Waals surface area contributed by atoms with Gasteiger partial charge in [-0.15, -0.1) is 0 Å². The molecule has 1 aromatic carbocycles. The van der Waals surface area contributed by atoms with E-state index in [9.17, 15) is 5.11 Å². The minimum Gasteiger partial charge on any atom is -0.508 e. The second-order valence-electron chi connectivity index (χ2n) is 2.75. The first-order valence-electron chi connectivity index (χ1n) is 4.02. The van der Waals surface area contributed by atoms with Crippen LogP contribution in [0.4, 0.5) is 0 Å². The van der Waals surface area contributed by atoms with Crippen molar-refractivity contribution in [2.24, 2.45) is 0 Å². The Morgan fingerprint density at radius 3 is 2.79 bits per heavy atom. The molecule has 0 aliphatic carbocycles. The summed E-state index contributed by atoms with van der Waals surface area (Å²) >= 11 is 5.95. The molecule has 0 saturated carbocycles. The molecule has 0 amide bonds. The topological polar surface area (TPSA) is 46.0 Å². The van der Waals surface area contributed by atoms with Crippen LogP contribution in [0.3, 0.4) is 0 Å². The van der Waals surface area contributed by atoms with Crippen molar-refractivity contribution < 1.29 is 5.11 Å². The van der Waals surface area contributed by atoms with E-state index in [-0.39, 0.29) is 5.75 Å². The van der Waals surface area contributed by atoms with Gasteiger partial charge < -0.3 is 5.11 Å². The predicted molar refractivity (Wildman–Crippen MR) is 54.1 cm³/mol. The summed E-state index contributed by atoms with van der Waals surface area (Å²) in [5.74, 6) is 0.162. The maximum Gasteiger partial charge on any atom is 0.116 e. The van der Waals surface area contributed by atoms with E-state index in [4.69, 9.17) is 11.6 Å². The van der Waals surface area contributed by atoms with Crippen LogP contribution in [0.15, 0.2) is 36.8 Å². The van der Waals surface area contributed by atoms with E-state index >= 15 is 0 Å². The Hall–Kier alpha value is -1.61. The number of phenols is 1.